The molecule has 2 rings (SSSR count). The number of benzene rings is 1. The summed E-state index contributed by atoms with van der Waals surface area (Å²) in [5.41, 5.74) is 6.99. The molecule has 0 aliphatic carbocycles. The van der Waals surface area contributed by atoms with Gasteiger partial charge < -0.3 is 15.4 Å². The maximum atomic E-state index is 11.1. The number of primary amides is 1. The normalized spacial score (nSPS) is 10.3. The molecular formula is C12H12N2O2. The van der Waals surface area contributed by atoms with E-state index in [1.165, 1.54) is 6.07 Å². The molecule has 1 heterocycles. The van der Waals surface area contributed by atoms with Gasteiger partial charge in [-0.1, -0.05) is 30.3 Å². The first kappa shape index (κ1) is 10.3. The summed E-state index contributed by atoms with van der Waals surface area (Å²) in [6, 6.07) is 11.0. The lowest BCUT2D eigenvalue weighted by atomic mass is 10.1. The van der Waals surface area contributed by atoms with Gasteiger partial charge in [0.2, 0.25) is 0 Å². The van der Waals surface area contributed by atoms with E-state index in [0.29, 0.717) is 0 Å². The Hall–Kier alpha value is -2.23. The average molecular weight is 216 g/mol. The van der Waals surface area contributed by atoms with Crippen molar-refractivity contribution in [2.75, 3.05) is 0 Å². The predicted octanol–water partition coefficient (Wildman–Crippen LogP) is 1.50. The molecule has 1 aromatic carbocycles. The van der Waals surface area contributed by atoms with Gasteiger partial charge in [-0.3, -0.25) is 4.79 Å². The number of rotatable bonds is 2. The number of aromatic nitrogens is 1. The van der Waals surface area contributed by atoms with E-state index < -0.39 is 5.91 Å². The van der Waals surface area contributed by atoms with E-state index >= 15 is 0 Å². The molecular weight excluding hydrogens is 204 g/mol. The maximum absolute atomic E-state index is 11.1. The van der Waals surface area contributed by atoms with Gasteiger partial charge in [-0.15, -0.1) is 0 Å². The largest absolute Gasteiger partial charge is 0.505 e. The van der Waals surface area contributed by atoms with Crippen LogP contribution in [-0.2, 0) is 7.05 Å². The van der Waals surface area contributed by atoms with Crippen molar-refractivity contribution in [3.8, 4) is 17.0 Å². The first-order valence-electron chi connectivity index (χ1n) is 4.85. The zero-order valence-electron chi connectivity index (χ0n) is 8.84. The molecule has 0 radical (unpaired) electrons. The molecule has 0 unspecified atom stereocenters. The van der Waals surface area contributed by atoms with Gasteiger partial charge in [-0.25, -0.2) is 0 Å². The Balaban J connectivity index is 2.61. The van der Waals surface area contributed by atoms with Crippen LogP contribution in [0.5, 0.6) is 5.75 Å². The van der Waals surface area contributed by atoms with Crippen LogP contribution in [0.25, 0.3) is 11.3 Å². The van der Waals surface area contributed by atoms with Crippen LogP contribution in [0.1, 0.15) is 10.5 Å². The maximum Gasteiger partial charge on any atom is 0.269 e. The van der Waals surface area contributed by atoms with Crippen LogP contribution in [0, 0.1) is 0 Å². The Kier molecular flexibility index (Phi) is 2.40. The van der Waals surface area contributed by atoms with Crippen molar-refractivity contribution in [1.82, 2.24) is 4.57 Å². The summed E-state index contributed by atoms with van der Waals surface area (Å²) in [6.45, 7) is 0. The topological polar surface area (TPSA) is 68.2 Å². The second-order valence-electron chi connectivity index (χ2n) is 3.55. The van der Waals surface area contributed by atoms with Gasteiger partial charge in [0.25, 0.3) is 5.91 Å². The van der Waals surface area contributed by atoms with E-state index in [1.54, 1.807) is 11.6 Å². The van der Waals surface area contributed by atoms with Crippen molar-refractivity contribution >= 4 is 5.91 Å². The molecule has 0 saturated carbocycles. The van der Waals surface area contributed by atoms with Gasteiger partial charge in [-0.2, -0.15) is 0 Å². The van der Waals surface area contributed by atoms with Gasteiger partial charge in [0, 0.05) is 13.1 Å². The van der Waals surface area contributed by atoms with Gasteiger partial charge in [0.05, 0.1) is 5.69 Å². The number of nitrogens with two attached hydrogens (primary N) is 1. The third kappa shape index (κ3) is 1.54. The molecule has 1 amide bonds. The number of hydrogen-bond acceptors (Lipinski definition) is 2. The highest BCUT2D eigenvalue weighted by molar-refractivity contribution is 5.95. The van der Waals surface area contributed by atoms with Crippen LogP contribution >= 0.6 is 0 Å². The zero-order chi connectivity index (χ0) is 11.7. The smallest absolute Gasteiger partial charge is 0.269 e. The summed E-state index contributed by atoms with van der Waals surface area (Å²) in [4.78, 5) is 11.1. The standard InChI is InChI=1S/C12H12N2O2/c1-14-9(8-5-3-2-4-6-8)7-10(15)11(14)12(13)16/h2-7,15H,1H3,(H2,13,16). The Morgan fingerprint density at radius 1 is 1.31 bits per heavy atom. The number of aromatic hydroxyl groups is 1. The molecule has 0 aliphatic rings. The van der Waals surface area contributed by atoms with Gasteiger partial charge in [0.15, 0.2) is 0 Å². The molecule has 16 heavy (non-hydrogen) atoms. The van der Waals surface area contributed by atoms with Gasteiger partial charge in [0.1, 0.15) is 11.4 Å². The molecule has 0 spiro atoms. The van der Waals surface area contributed by atoms with Gasteiger partial charge in [-0.05, 0) is 5.56 Å². The summed E-state index contributed by atoms with van der Waals surface area (Å²) in [5, 5.41) is 9.62. The monoisotopic (exact) mass is 216 g/mol. The van der Waals surface area contributed by atoms with E-state index in [2.05, 4.69) is 0 Å². The fourth-order valence-corrected chi connectivity index (χ4v) is 1.76. The molecule has 2 aromatic rings. The SMILES string of the molecule is Cn1c(-c2ccccc2)cc(O)c1C(N)=O. The third-order valence-electron chi connectivity index (χ3n) is 2.52. The molecule has 0 saturated heterocycles. The van der Waals surface area contributed by atoms with Crippen LogP contribution in [0.3, 0.4) is 0 Å². The lowest BCUT2D eigenvalue weighted by molar-refractivity contribution is 0.0990. The first-order valence-corrected chi connectivity index (χ1v) is 4.85. The minimum absolute atomic E-state index is 0.0890. The Morgan fingerprint density at radius 2 is 1.94 bits per heavy atom. The van der Waals surface area contributed by atoms with Gasteiger partial charge >= 0.3 is 0 Å². The van der Waals surface area contributed by atoms with Crippen molar-refractivity contribution in [3.05, 3.63) is 42.1 Å². The predicted molar refractivity (Wildman–Crippen MR) is 61.0 cm³/mol. The molecule has 0 atom stereocenters. The minimum Gasteiger partial charge on any atom is -0.505 e. The van der Waals surface area contributed by atoms with Crippen molar-refractivity contribution in [1.29, 1.82) is 0 Å². The highest BCUT2D eigenvalue weighted by Gasteiger charge is 2.16. The lowest BCUT2D eigenvalue weighted by Gasteiger charge is -2.04. The first-order chi connectivity index (χ1) is 7.61. The molecule has 0 bridgehead atoms. The third-order valence-corrected chi connectivity index (χ3v) is 2.52. The zero-order valence-corrected chi connectivity index (χ0v) is 8.84. The molecule has 0 fully saturated rings. The van der Waals surface area contributed by atoms with E-state index in [-0.39, 0.29) is 11.4 Å². The molecule has 3 N–H and O–H groups in total. The fraction of sp³-hybridized carbons (Fsp3) is 0.0833. The number of amides is 1. The van der Waals surface area contributed by atoms with E-state index in [0.717, 1.165) is 11.3 Å². The lowest BCUT2D eigenvalue weighted by Crippen LogP contribution is -2.15. The average Bonchev–Trinajstić information content (AvgIpc) is 2.55. The number of carbonyl (C=O) groups is 1. The number of carbonyl (C=O) groups excluding carboxylic acids is 1. The fourth-order valence-electron chi connectivity index (χ4n) is 1.76. The van der Waals surface area contributed by atoms with Crippen LogP contribution in [-0.4, -0.2) is 15.6 Å². The minimum atomic E-state index is -0.637. The quantitative estimate of drug-likeness (QED) is 0.798. The number of nitrogens with zero attached hydrogens (tertiary/aromatic N) is 1. The summed E-state index contributed by atoms with van der Waals surface area (Å²) >= 11 is 0. The molecule has 4 heteroatoms. The van der Waals surface area contributed by atoms with E-state index in [1.807, 2.05) is 30.3 Å². The van der Waals surface area contributed by atoms with Crippen LogP contribution < -0.4 is 5.73 Å². The summed E-state index contributed by atoms with van der Waals surface area (Å²) < 4.78 is 1.59. The van der Waals surface area contributed by atoms with Crippen LogP contribution in [0.4, 0.5) is 0 Å². The second-order valence-corrected chi connectivity index (χ2v) is 3.55. The highest BCUT2D eigenvalue weighted by Crippen LogP contribution is 2.28. The number of hydrogen-bond donors (Lipinski definition) is 2. The molecule has 1 aromatic heterocycles. The summed E-state index contributed by atoms with van der Waals surface area (Å²) in [7, 11) is 1.70. The Bertz CT molecular complexity index is 529. The summed E-state index contributed by atoms with van der Waals surface area (Å²) in [6.07, 6.45) is 0. The molecule has 82 valence electrons. The summed E-state index contributed by atoms with van der Waals surface area (Å²) in [5.74, 6) is -0.726. The Labute approximate surface area is 92.9 Å². The Morgan fingerprint density at radius 3 is 2.44 bits per heavy atom. The van der Waals surface area contributed by atoms with Crippen molar-refractivity contribution < 1.29 is 9.90 Å². The van der Waals surface area contributed by atoms with Crippen molar-refractivity contribution in [2.24, 2.45) is 12.8 Å². The second kappa shape index (κ2) is 3.73. The van der Waals surface area contributed by atoms with Crippen molar-refractivity contribution in [2.45, 2.75) is 0 Å². The van der Waals surface area contributed by atoms with Crippen LogP contribution in [0.2, 0.25) is 0 Å². The van der Waals surface area contributed by atoms with E-state index in [4.69, 9.17) is 5.73 Å². The molecule has 0 aliphatic heterocycles. The van der Waals surface area contributed by atoms with Crippen molar-refractivity contribution in [3.63, 3.8) is 0 Å². The van der Waals surface area contributed by atoms with Crippen LogP contribution in [0.15, 0.2) is 36.4 Å². The molecule has 4 nitrogen and oxygen atoms in total. The highest BCUT2D eigenvalue weighted by atomic mass is 16.3. The van der Waals surface area contributed by atoms with E-state index in [9.17, 15) is 9.90 Å².